The van der Waals surface area contributed by atoms with Gasteiger partial charge in [-0.25, -0.2) is 4.98 Å². The van der Waals surface area contributed by atoms with Crippen molar-refractivity contribution >= 4 is 39.8 Å². The molecule has 2 aromatic rings. The first-order valence-electron chi connectivity index (χ1n) is 7.41. The number of hydrogen-bond donors (Lipinski definition) is 3. The van der Waals surface area contributed by atoms with Crippen molar-refractivity contribution in [3.05, 3.63) is 41.0 Å². The molecule has 1 saturated heterocycles. The third-order valence-corrected chi connectivity index (χ3v) is 5.91. The fraction of sp³-hybridized carbons (Fsp3) is 0.375. The highest BCUT2D eigenvalue weighted by Gasteiger charge is 2.29. The molecule has 0 unspecified atom stereocenters. The topological polar surface area (TPSA) is 74.2 Å². The molecule has 3 N–H and O–H groups in total. The predicted molar refractivity (Wildman–Crippen MR) is 99.6 cm³/mol. The van der Waals surface area contributed by atoms with Gasteiger partial charge in [0.25, 0.3) is 0 Å². The maximum Gasteiger partial charge on any atom is 0.238 e. The van der Waals surface area contributed by atoms with Crippen molar-refractivity contribution < 1.29 is 9.90 Å². The molecule has 1 aromatic heterocycles. The number of thiazole rings is 1. The van der Waals surface area contributed by atoms with Crippen LogP contribution >= 0.6 is 33.9 Å². The van der Waals surface area contributed by atoms with E-state index >= 15 is 0 Å². The largest absolute Gasteiger partial charge is 0.392 e. The van der Waals surface area contributed by atoms with Gasteiger partial charge in [0.2, 0.25) is 5.91 Å². The van der Waals surface area contributed by atoms with Crippen molar-refractivity contribution in [1.82, 2.24) is 15.6 Å². The van der Waals surface area contributed by atoms with Crippen molar-refractivity contribution in [3.8, 4) is 10.4 Å². The summed E-state index contributed by atoms with van der Waals surface area (Å²) >= 11 is 3.84. The molecule has 1 amide bonds. The van der Waals surface area contributed by atoms with Gasteiger partial charge in [-0.3, -0.25) is 4.79 Å². The average molecular weight is 443 g/mol. The molecule has 5 nitrogen and oxygen atoms in total. The van der Waals surface area contributed by atoms with Gasteiger partial charge in [0.15, 0.2) is 0 Å². The summed E-state index contributed by atoms with van der Waals surface area (Å²) in [4.78, 5) is 17.6. The van der Waals surface area contributed by atoms with Crippen LogP contribution in [0.3, 0.4) is 0 Å². The minimum atomic E-state index is -0.430. The van der Waals surface area contributed by atoms with Crippen LogP contribution in [0.5, 0.6) is 0 Å². The summed E-state index contributed by atoms with van der Waals surface area (Å²) < 4.78 is -0.101. The molecule has 1 fully saturated rings. The van der Waals surface area contributed by atoms with Gasteiger partial charge in [-0.2, -0.15) is 0 Å². The Morgan fingerprint density at radius 1 is 1.48 bits per heavy atom. The smallest absolute Gasteiger partial charge is 0.238 e. The normalized spacial score (nSPS) is 22.0. The van der Waals surface area contributed by atoms with Crippen LogP contribution in [0, 0.1) is 6.92 Å². The molecule has 0 aliphatic carbocycles. The van der Waals surface area contributed by atoms with Crippen LogP contribution in [0.2, 0.25) is 0 Å². The number of aryl methyl sites for hydroxylation is 1. The van der Waals surface area contributed by atoms with Crippen molar-refractivity contribution in [3.63, 3.8) is 0 Å². The molecule has 1 aliphatic heterocycles. The first kappa shape index (κ1) is 16.8. The molecule has 1 aliphatic rings. The molecule has 3 rings (SSSR count). The van der Waals surface area contributed by atoms with Gasteiger partial charge in [-0.15, -0.1) is 11.3 Å². The Morgan fingerprint density at radius 3 is 2.78 bits per heavy atom. The summed E-state index contributed by atoms with van der Waals surface area (Å²) in [6, 6.07) is 7.88. The highest BCUT2D eigenvalue weighted by molar-refractivity contribution is 14.1. The van der Waals surface area contributed by atoms with Crippen LogP contribution in [-0.4, -0.2) is 34.7 Å². The molecule has 23 heavy (non-hydrogen) atoms. The van der Waals surface area contributed by atoms with E-state index in [2.05, 4.69) is 50.3 Å². The predicted octanol–water partition coefficient (Wildman–Crippen LogP) is 2.39. The zero-order chi connectivity index (χ0) is 16.4. The molecule has 0 saturated carbocycles. The zero-order valence-corrected chi connectivity index (χ0v) is 15.6. The van der Waals surface area contributed by atoms with Crippen molar-refractivity contribution in [2.75, 3.05) is 6.54 Å². The van der Waals surface area contributed by atoms with E-state index in [1.54, 1.807) is 11.3 Å². The lowest BCUT2D eigenvalue weighted by molar-refractivity contribution is -0.123. The van der Waals surface area contributed by atoms with E-state index in [0.29, 0.717) is 13.0 Å². The number of rotatable bonds is 4. The lowest BCUT2D eigenvalue weighted by atomic mass is 10.1. The van der Waals surface area contributed by atoms with Gasteiger partial charge < -0.3 is 15.7 Å². The van der Waals surface area contributed by atoms with E-state index in [1.807, 2.05) is 24.6 Å². The second-order valence-electron chi connectivity index (χ2n) is 5.61. The van der Waals surface area contributed by atoms with Gasteiger partial charge >= 0.3 is 0 Å². The summed E-state index contributed by atoms with van der Waals surface area (Å²) in [6.45, 7) is 2.48. The molecule has 0 radical (unpaired) electrons. The van der Waals surface area contributed by atoms with E-state index in [1.165, 1.54) is 4.88 Å². The molecular formula is C16H18IN3O2S. The van der Waals surface area contributed by atoms with Crippen molar-refractivity contribution in [1.29, 1.82) is 0 Å². The standard InChI is InChI=1S/C16H18IN3O2S/c1-9-14(23-8-19-9)10-2-4-11(5-3-10)15(17)20-16(22)13-6-12(21)7-18-13/h2-5,8,12-13,15,18,21H,6-7H2,1H3,(H,20,22)/t12-,13+,15-/m1/s1. The number of aliphatic hydroxyl groups excluding tert-OH is 1. The maximum absolute atomic E-state index is 12.2. The highest BCUT2D eigenvalue weighted by Crippen LogP contribution is 2.29. The van der Waals surface area contributed by atoms with Crippen LogP contribution < -0.4 is 10.6 Å². The van der Waals surface area contributed by atoms with Crippen LogP contribution in [0.4, 0.5) is 0 Å². The fourth-order valence-electron chi connectivity index (χ4n) is 2.61. The number of carbonyl (C=O) groups excluding carboxylic acids is 1. The summed E-state index contributed by atoms with van der Waals surface area (Å²) in [7, 11) is 0. The Morgan fingerprint density at radius 2 is 2.22 bits per heavy atom. The molecule has 1 aromatic carbocycles. The third-order valence-electron chi connectivity index (χ3n) is 3.90. The molecule has 3 atom stereocenters. The fourth-order valence-corrected chi connectivity index (χ4v) is 4.14. The lowest BCUT2D eigenvalue weighted by Gasteiger charge is -2.16. The van der Waals surface area contributed by atoms with Gasteiger partial charge in [0.1, 0.15) is 4.05 Å². The Balaban J connectivity index is 1.65. The van der Waals surface area contributed by atoms with Crippen LogP contribution in [0.1, 0.15) is 21.7 Å². The number of nitrogens with one attached hydrogen (secondary N) is 2. The van der Waals surface area contributed by atoms with E-state index in [9.17, 15) is 9.90 Å². The number of hydrogen-bond acceptors (Lipinski definition) is 5. The molecule has 0 bridgehead atoms. The molecular weight excluding hydrogens is 425 g/mol. The number of aliphatic hydroxyl groups is 1. The number of alkyl halides is 1. The number of aromatic nitrogens is 1. The molecule has 7 heteroatoms. The molecule has 0 spiro atoms. The minimum Gasteiger partial charge on any atom is -0.392 e. The Hall–Kier alpha value is -1.03. The van der Waals surface area contributed by atoms with Crippen LogP contribution in [0.25, 0.3) is 10.4 Å². The second kappa shape index (κ2) is 7.25. The third kappa shape index (κ3) is 3.90. The second-order valence-corrected chi connectivity index (χ2v) is 7.71. The number of halogens is 1. The van der Waals surface area contributed by atoms with Crippen LogP contribution in [0.15, 0.2) is 29.8 Å². The SMILES string of the molecule is Cc1ncsc1-c1ccc([C@H](I)NC(=O)[C@@H]2C[C@@H](O)CN2)cc1. The summed E-state index contributed by atoms with van der Waals surface area (Å²) in [5, 5.41) is 15.5. The number of β-amino-alcohol motifs (C(OH)–C–C–N with tert-alkyl or cyclic N) is 1. The quantitative estimate of drug-likeness (QED) is 0.386. The maximum atomic E-state index is 12.2. The average Bonchev–Trinajstić information content (AvgIpc) is 3.16. The van der Waals surface area contributed by atoms with Gasteiger partial charge in [-0.1, -0.05) is 46.9 Å². The number of nitrogens with zero attached hydrogens (tertiary/aromatic N) is 1. The summed E-state index contributed by atoms with van der Waals surface area (Å²) in [6.07, 6.45) is 0.0408. The zero-order valence-electron chi connectivity index (χ0n) is 12.6. The number of carbonyl (C=O) groups is 1. The number of amides is 1. The molecule has 2 heterocycles. The van der Waals surface area contributed by atoms with E-state index in [0.717, 1.165) is 16.8 Å². The van der Waals surface area contributed by atoms with Crippen molar-refractivity contribution in [2.24, 2.45) is 0 Å². The minimum absolute atomic E-state index is 0.0664. The lowest BCUT2D eigenvalue weighted by Crippen LogP contribution is -2.40. The first-order chi connectivity index (χ1) is 11.0. The molecule has 122 valence electrons. The van der Waals surface area contributed by atoms with Gasteiger partial charge in [-0.05, 0) is 24.5 Å². The van der Waals surface area contributed by atoms with E-state index in [4.69, 9.17) is 0 Å². The monoisotopic (exact) mass is 443 g/mol. The first-order valence-corrected chi connectivity index (χ1v) is 9.53. The van der Waals surface area contributed by atoms with Gasteiger partial charge in [0, 0.05) is 6.54 Å². The van der Waals surface area contributed by atoms with Crippen LogP contribution in [-0.2, 0) is 4.79 Å². The summed E-state index contributed by atoms with van der Waals surface area (Å²) in [5.74, 6) is -0.0664. The highest BCUT2D eigenvalue weighted by atomic mass is 127. The Kier molecular flexibility index (Phi) is 5.30. The van der Waals surface area contributed by atoms with Crippen molar-refractivity contribution in [2.45, 2.75) is 29.5 Å². The van der Waals surface area contributed by atoms with Gasteiger partial charge in [0.05, 0.1) is 28.2 Å². The van der Waals surface area contributed by atoms with E-state index in [-0.39, 0.29) is 16.0 Å². The Bertz CT molecular complexity index is 689. The number of benzene rings is 1. The van der Waals surface area contributed by atoms with E-state index < -0.39 is 6.10 Å². The summed E-state index contributed by atoms with van der Waals surface area (Å²) in [5.41, 5.74) is 5.07. The Labute approximate surface area is 152 Å².